The number of nitrogens with zero attached hydrogens (tertiary/aromatic N) is 1. The number of nitrogens with one attached hydrogen (secondary N) is 2. The molecule has 2 aromatic carbocycles. The number of benzene rings is 2. The third-order valence-corrected chi connectivity index (χ3v) is 8.85. The summed E-state index contributed by atoms with van der Waals surface area (Å²) in [6, 6.07) is 11.0. The molecular weight excluding hydrogens is 477 g/mol. The highest BCUT2D eigenvalue weighted by molar-refractivity contribution is 7.94. The molecule has 1 aliphatic rings. The van der Waals surface area contributed by atoms with Gasteiger partial charge in [0.2, 0.25) is 0 Å². The molecule has 31 heavy (non-hydrogen) atoms. The Kier molecular flexibility index (Phi) is 6.11. The van der Waals surface area contributed by atoms with E-state index in [4.69, 9.17) is 16.0 Å². The predicted molar refractivity (Wildman–Crippen MR) is 131 cm³/mol. The van der Waals surface area contributed by atoms with Crippen molar-refractivity contribution in [2.45, 2.75) is 11.1 Å². The maximum Gasteiger partial charge on any atom is 0.271 e. The number of halogens is 2. The number of fused-ring (bicyclic) bond motifs is 2. The number of furan rings is 1. The second kappa shape index (κ2) is 8.52. The minimum Gasteiger partial charge on any atom is -0.462 e. The molecule has 0 bridgehead atoms. The molecule has 0 saturated carbocycles. The van der Waals surface area contributed by atoms with Crippen LogP contribution < -0.4 is 14.9 Å². The molecule has 2 N–H and O–H groups in total. The molecule has 0 spiro atoms. The maximum atomic E-state index is 13.3. The van der Waals surface area contributed by atoms with E-state index >= 15 is 0 Å². The Morgan fingerprint density at radius 1 is 1.16 bits per heavy atom. The number of hydrogen-bond donors (Lipinski definition) is 2. The molecule has 1 fully saturated rings. The number of thiophene rings is 1. The van der Waals surface area contributed by atoms with Crippen molar-refractivity contribution in [1.29, 1.82) is 0 Å². The summed E-state index contributed by atoms with van der Waals surface area (Å²) in [5.74, 6) is 0. The van der Waals surface area contributed by atoms with E-state index in [0.29, 0.717) is 20.5 Å². The standard InChI is InChI=1S/C21H20ClN3O3S2.ClH/c1-13-17-11-15(22)2-3-19(17)29-21(13)30(26,27)24-16-10-14-4-9-28-20(14)18(12-16)25-7-5-23-6-8-25;/h2-4,9-12,23-24H,5-8H2,1H3;1H. The van der Waals surface area contributed by atoms with E-state index in [1.807, 2.05) is 37.3 Å². The Balaban J connectivity index is 0.00000231. The van der Waals surface area contributed by atoms with E-state index < -0.39 is 10.0 Å². The Bertz CT molecular complexity index is 1360. The number of sulfonamides is 1. The lowest BCUT2D eigenvalue weighted by molar-refractivity contribution is 0.579. The first-order chi connectivity index (χ1) is 14.4. The Morgan fingerprint density at radius 2 is 1.94 bits per heavy atom. The first-order valence-corrected chi connectivity index (χ1v) is 12.3. The van der Waals surface area contributed by atoms with Crippen LogP contribution >= 0.6 is 35.3 Å². The van der Waals surface area contributed by atoms with Gasteiger partial charge >= 0.3 is 0 Å². The van der Waals surface area contributed by atoms with Crippen LogP contribution in [0.5, 0.6) is 0 Å². The summed E-state index contributed by atoms with van der Waals surface area (Å²) in [6.45, 7) is 5.24. The highest BCUT2D eigenvalue weighted by Gasteiger charge is 2.24. The van der Waals surface area contributed by atoms with E-state index in [-0.39, 0.29) is 12.4 Å². The van der Waals surface area contributed by atoms with E-state index in [1.165, 1.54) is 11.3 Å². The van der Waals surface area contributed by atoms with Crippen molar-refractivity contribution in [3.8, 4) is 0 Å². The highest BCUT2D eigenvalue weighted by atomic mass is 35.5. The van der Waals surface area contributed by atoms with Gasteiger partial charge in [-0.1, -0.05) is 11.6 Å². The van der Waals surface area contributed by atoms with E-state index in [9.17, 15) is 8.42 Å². The Labute approximate surface area is 195 Å². The first kappa shape index (κ1) is 22.2. The maximum absolute atomic E-state index is 13.3. The van der Waals surface area contributed by atoms with Crippen molar-refractivity contribution in [3.63, 3.8) is 0 Å². The van der Waals surface area contributed by atoms with E-state index in [1.54, 1.807) is 12.3 Å². The third kappa shape index (κ3) is 4.10. The molecular formula is C21H21Cl2N3O3S2. The quantitative estimate of drug-likeness (QED) is 0.403. The molecule has 164 valence electrons. The lowest BCUT2D eigenvalue weighted by atomic mass is 10.2. The summed E-state index contributed by atoms with van der Waals surface area (Å²) in [5, 5.41) is 5.65. The molecule has 0 radical (unpaired) electrons. The minimum atomic E-state index is -3.75. The van der Waals surface area contributed by atoms with Crippen LogP contribution in [-0.4, -0.2) is 34.6 Å². The number of hydrogen-bond acceptors (Lipinski definition) is 6. The van der Waals surface area contributed by atoms with Gasteiger partial charge in [0.25, 0.3) is 10.0 Å². The molecule has 6 nitrogen and oxygen atoms in total. The monoisotopic (exact) mass is 497 g/mol. The molecule has 5 rings (SSSR count). The summed E-state index contributed by atoms with van der Waals surface area (Å²) in [6.07, 6.45) is 1.63. The zero-order valence-electron chi connectivity index (χ0n) is 16.6. The molecule has 4 aromatic rings. The molecule has 10 heteroatoms. The zero-order valence-corrected chi connectivity index (χ0v) is 19.8. The van der Waals surface area contributed by atoms with Crippen molar-refractivity contribution in [2.24, 2.45) is 0 Å². The summed E-state index contributed by atoms with van der Waals surface area (Å²) >= 11 is 7.35. The average Bonchev–Trinajstić information content (AvgIpc) is 3.33. The van der Waals surface area contributed by atoms with Gasteiger partial charge in [0.1, 0.15) is 4.21 Å². The molecule has 0 unspecified atom stereocenters. The topological polar surface area (TPSA) is 74.6 Å². The second-order valence-corrected chi connectivity index (χ2v) is 10.7. The fourth-order valence-corrected chi connectivity index (χ4v) is 6.85. The van der Waals surface area contributed by atoms with E-state index in [0.717, 1.165) is 52.9 Å². The molecule has 3 heterocycles. The molecule has 0 amide bonds. The van der Waals surface area contributed by atoms with Gasteiger partial charge in [0.15, 0.2) is 5.58 Å². The molecule has 0 atom stereocenters. The minimum absolute atomic E-state index is 0. The molecule has 1 saturated heterocycles. The average molecular weight is 498 g/mol. The van der Waals surface area contributed by atoms with Gasteiger partial charge in [0, 0.05) is 41.3 Å². The van der Waals surface area contributed by atoms with Crippen LogP contribution in [0.1, 0.15) is 5.56 Å². The van der Waals surface area contributed by atoms with Crippen LogP contribution in [0.2, 0.25) is 5.02 Å². The number of aryl methyl sites for hydroxylation is 1. The van der Waals surface area contributed by atoms with Crippen LogP contribution in [0.25, 0.3) is 21.1 Å². The summed E-state index contributed by atoms with van der Waals surface area (Å²) in [5.41, 5.74) is 2.90. The summed E-state index contributed by atoms with van der Waals surface area (Å²) in [7, 11) is -3.75. The van der Waals surface area contributed by atoms with Gasteiger partial charge in [-0.2, -0.15) is 0 Å². The number of rotatable bonds is 4. The molecule has 1 aliphatic heterocycles. The first-order valence-electron chi connectivity index (χ1n) is 9.61. The largest absolute Gasteiger partial charge is 0.462 e. The van der Waals surface area contributed by atoms with Gasteiger partial charge in [-0.15, -0.1) is 23.7 Å². The van der Waals surface area contributed by atoms with Gasteiger partial charge in [-0.05, 0) is 54.3 Å². The molecule has 2 aromatic heterocycles. The fourth-order valence-electron chi connectivity index (χ4n) is 3.89. The third-order valence-electron chi connectivity index (χ3n) is 5.34. The normalized spacial score (nSPS) is 14.7. The lowest BCUT2D eigenvalue weighted by Crippen LogP contribution is -2.43. The zero-order chi connectivity index (χ0) is 20.9. The highest BCUT2D eigenvalue weighted by Crippen LogP contribution is 2.38. The van der Waals surface area contributed by atoms with Crippen LogP contribution in [-0.2, 0) is 10.0 Å². The predicted octanol–water partition coefficient (Wildman–Crippen LogP) is 5.24. The van der Waals surface area contributed by atoms with Crippen molar-refractivity contribution in [1.82, 2.24) is 5.32 Å². The smallest absolute Gasteiger partial charge is 0.271 e. The van der Waals surface area contributed by atoms with Gasteiger partial charge in [0.05, 0.1) is 17.6 Å². The fraction of sp³-hybridized carbons (Fsp3) is 0.238. The second-order valence-electron chi connectivity index (χ2n) is 7.33. The van der Waals surface area contributed by atoms with Crippen molar-refractivity contribution < 1.29 is 12.8 Å². The van der Waals surface area contributed by atoms with Crippen LogP contribution in [0, 0.1) is 6.92 Å². The van der Waals surface area contributed by atoms with Gasteiger partial charge in [-0.3, -0.25) is 4.72 Å². The number of anilines is 2. The van der Waals surface area contributed by atoms with Crippen LogP contribution in [0.15, 0.2) is 51.3 Å². The van der Waals surface area contributed by atoms with Crippen LogP contribution in [0.3, 0.4) is 0 Å². The Morgan fingerprint density at radius 3 is 2.71 bits per heavy atom. The van der Waals surface area contributed by atoms with Crippen molar-refractivity contribution >= 4 is 77.8 Å². The van der Waals surface area contributed by atoms with Gasteiger partial charge in [-0.25, -0.2) is 8.42 Å². The SMILES string of the molecule is Cc1c(S(=O)(=O)Nc2cc(N3CCNCC3)c3occc3c2)sc2ccc(Cl)cc12.Cl. The van der Waals surface area contributed by atoms with Gasteiger partial charge < -0.3 is 14.6 Å². The van der Waals surface area contributed by atoms with Crippen molar-refractivity contribution in [2.75, 3.05) is 35.8 Å². The summed E-state index contributed by atoms with van der Waals surface area (Å²) in [4.78, 5) is 2.22. The molecule has 0 aliphatic carbocycles. The van der Waals surface area contributed by atoms with Crippen LogP contribution in [0.4, 0.5) is 11.4 Å². The van der Waals surface area contributed by atoms with E-state index in [2.05, 4.69) is 14.9 Å². The Hall–Kier alpha value is -1.97. The lowest BCUT2D eigenvalue weighted by Gasteiger charge is -2.29. The van der Waals surface area contributed by atoms with Crippen molar-refractivity contribution in [3.05, 3.63) is 53.2 Å². The number of piperazine rings is 1. The summed E-state index contributed by atoms with van der Waals surface area (Å²) < 4.78 is 36.2.